The van der Waals surface area contributed by atoms with E-state index in [1.807, 2.05) is 38.1 Å². The van der Waals surface area contributed by atoms with Gasteiger partial charge in [-0.25, -0.2) is 9.80 Å². The molecule has 2 aromatic carbocycles. The van der Waals surface area contributed by atoms with E-state index in [2.05, 4.69) is 10.4 Å². The fourth-order valence-corrected chi connectivity index (χ4v) is 2.67. The van der Waals surface area contributed by atoms with Gasteiger partial charge < -0.3 is 14.2 Å². The molecule has 8 heteroatoms. The first kappa shape index (κ1) is 20.2. The van der Waals surface area contributed by atoms with Gasteiger partial charge in [0, 0.05) is 0 Å². The van der Waals surface area contributed by atoms with Crippen LogP contribution in [0.15, 0.2) is 47.6 Å². The number of imide groups is 1. The van der Waals surface area contributed by atoms with Gasteiger partial charge in [0.05, 0.1) is 12.8 Å². The van der Waals surface area contributed by atoms with Gasteiger partial charge in [-0.15, -0.1) is 0 Å². The first-order chi connectivity index (χ1) is 14.0. The first-order valence-electron chi connectivity index (χ1n) is 9.29. The predicted molar refractivity (Wildman–Crippen MR) is 108 cm³/mol. The fraction of sp³-hybridized carbons (Fsp3) is 0.286. The number of rotatable bonds is 9. The Morgan fingerprint density at radius 1 is 1.07 bits per heavy atom. The van der Waals surface area contributed by atoms with Crippen molar-refractivity contribution in [1.82, 2.24) is 10.3 Å². The molecule has 0 aromatic heterocycles. The number of ether oxygens (including phenoxy) is 3. The summed E-state index contributed by atoms with van der Waals surface area (Å²) in [6.45, 7) is 5.03. The Bertz CT molecular complexity index is 913. The largest absolute Gasteiger partial charge is 0.490 e. The number of carbonyl (C=O) groups is 2. The molecule has 2 aromatic rings. The molecular formula is C21H23N3O5. The molecule has 29 heavy (non-hydrogen) atoms. The van der Waals surface area contributed by atoms with Crippen molar-refractivity contribution in [3.05, 3.63) is 53.6 Å². The second-order valence-electron chi connectivity index (χ2n) is 6.31. The van der Waals surface area contributed by atoms with Crippen LogP contribution in [-0.4, -0.2) is 49.5 Å². The highest BCUT2D eigenvalue weighted by Crippen LogP contribution is 2.28. The lowest BCUT2D eigenvalue weighted by atomic mass is 10.2. The van der Waals surface area contributed by atoms with Gasteiger partial charge in [0.1, 0.15) is 25.5 Å². The smallest absolute Gasteiger partial charge is 0.344 e. The summed E-state index contributed by atoms with van der Waals surface area (Å²) in [5, 5.41) is 7.26. The molecule has 0 aliphatic carbocycles. The molecule has 1 aliphatic rings. The summed E-state index contributed by atoms with van der Waals surface area (Å²) < 4.78 is 17.1. The van der Waals surface area contributed by atoms with Crippen LogP contribution in [0.1, 0.15) is 18.1 Å². The average Bonchev–Trinajstić information content (AvgIpc) is 3.02. The van der Waals surface area contributed by atoms with E-state index in [-0.39, 0.29) is 12.5 Å². The molecule has 0 spiro atoms. The summed E-state index contributed by atoms with van der Waals surface area (Å²) in [5.74, 6) is 1.58. The number of benzene rings is 2. The van der Waals surface area contributed by atoms with Crippen LogP contribution in [0.2, 0.25) is 0 Å². The van der Waals surface area contributed by atoms with Crippen molar-refractivity contribution < 1.29 is 23.8 Å². The van der Waals surface area contributed by atoms with Gasteiger partial charge in [0.25, 0.3) is 0 Å². The van der Waals surface area contributed by atoms with E-state index >= 15 is 0 Å². The SMILES string of the molecule is CCOc1cc(/C=N\N2CC(=O)NC2=O)ccc1OCCOc1cccc(C)c1. The lowest BCUT2D eigenvalue weighted by molar-refractivity contribution is -0.118. The molecule has 0 radical (unpaired) electrons. The van der Waals surface area contributed by atoms with E-state index < -0.39 is 6.03 Å². The molecular weight excluding hydrogens is 374 g/mol. The Balaban J connectivity index is 1.58. The summed E-state index contributed by atoms with van der Waals surface area (Å²) in [5.41, 5.74) is 1.85. The maximum absolute atomic E-state index is 11.5. The molecule has 0 bridgehead atoms. The third-order valence-corrected chi connectivity index (χ3v) is 3.99. The van der Waals surface area contributed by atoms with Crippen LogP contribution in [0.4, 0.5) is 4.79 Å². The maximum Gasteiger partial charge on any atom is 0.344 e. The van der Waals surface area contributed by atoms with Crippen molar-refractivity contribution in [1.29, 1.82) is 0 Å². The van der Waals surface area contributed by atoms with Crippen LogP contribution in [0, 0.1) is 6.92 Å². The van der Waals surface area contributed by atoms with Gasteiger partial charge in [0.2, 0.25) is 5.91 Å². The van der Waals surface area contributed by atoms with Crippen LogP contribution in [0.5, 0.6) is 17.2 Å². The van der Waals surface area contributed by atoms with Crippen molar-refractivity contribution in [2.24, 2.45) is 5.10 Å². The number of hydrogen-bond donors (Lipinski definition) is 1. The monoisotopic (exact) mass is 397 g/mol. The topological polar surface area (TPSA) is 89.5 Å². The van der Waals surface area contributed by atoms with Crippen molar-refractivity contribution in [2.75, 3.05) is 26.4 Å². The van der Waals surface area contributed by atoms with Crippen LogP contribution in [0.3, 0.4) is 0 Å². The average molecular weight is 397 g/mol. The molecule has 1 fully saturated rings. The van der Waals surface area contributed by atoms with Crippen molar-refractivity contribution in [2.45, 2.75) is 13.8 Å². The summed E-state index contributed by atoms with van der Waals surface area (Å²) in [6, 6.07) is 12.6. The van der Waals surface area contributed by atoms with Crippen molar-refractivity contribution in [3.63, 3.8) is 0 Å². The van der Waals surface area contributed by atoms with Crippen LogP contribution >= 0.6 is 0 Å². The number of nitrogens with zero attached hydrogens (tertiary/aromatic N) is 2. The number of nitrogens with one attached hydrogen (secondary N) is 1. The molecule has 1 saturated heterocycles. The maximum atomic E-state index is 11.5. The zero-order chi connectivity index (χ0) is 20.6. The van der Waals surface area contributed by atoms with E-state index in [1.165, 1.54) is 6.21 Å². The normalized spacial score (nSPS) is 13.7. The number of hydrazone groups is 1. The molecule has 0 saturated carbocycles. The minimum Gasteiger partial charge on any atom is -0.490 e. The van der Waals surface area contributed by atoms with E-state index in [0.717, 1.165) is 16.3 Å². The molecule has 3 rings (SSSR count). The zero-order valence-corrected chi connectivity index (χ0v) is 16.4. The predicted octanol–water partition coefficient (Wildman–Crippen LogP) is 2.74. The van der Waals surface area contributed by atoms with Gasteiger partial charge in [0.15, 0.2) is 11.5 Å². The van der Waals surface area contributed by atoms with Gasteiger partial charge in [-0.2, -0.15) is 5.10 Å². The van der Waals surface area contributed by atoms with Crippen molar-refractivity contribution in [3.8, 4) is 17.2 Å². The molecule has 8 nitrogen and oxygen atoms in total. The van der Waals surface area contributed by atoms with E-state index in [0.29, 0.717) is 36.9 Å². The molecule has 1 aliphatic heterocycles. The summed E-state index contributed by atoms with van der Waals surface area (Å²) in [7, 11) is 0. The Morgan fingerprint density at radius 3 is 2.62 bits per heavy atom. The molecule has 0 unspecified atom stereocenters. The second kappa shape index (κ2) is 9.59. The number of urea groups is 1. The number of amides is 3. The number of aryl methyl sites for hydroxylation is 1. The van der Waals surface area contributed by atoms with Crippen LogP contribution < -0.4 is 19.5 Å². The fourth-order valence-electron chi connectivity index (χ4n) is 2.67. The molecule has 0 atom stereocenters. The van der Waals surface area contributed by atoms with Crippen LogP contribution in [-0.2, 0) is 4.79 Å². The van der Waals surface area contributed by atoms with E-state index in [4.69, 9.17) is 14.2 Å². The molecule has 1 heterocycles. The molecule has 1 N–H and O–H groups in total. The van der Waals surface area contributed by atoms with Gasteiger partial charge >= 0.3 is 6.03 Å². The highest BCUT2D eigenvalue weighted by Gasteiger charge is 2.25. The Kier molecular flexibility index (Phi) is 6.67. The number of carbonyl (C=O) groups excluding carboxylic acids is 2. The highest BCUT2D eigenvalue weighted by molar-refractivity contribution is 6.02. The first-order valence-corrected chi connectivity index (χ1v) is 9.29. The van der Waals surface area contributed by atoms with Crippen LogP contribution in [0.25, 0.3) is 0 Å². The third kappa shape index (κ3) is 5.71. The Labute approximate surface area is 169 Å². The van der Waals surface area contributed by atoms with E-state index in [1.54, 1.807) is 18.2 Å². The minimum absolute atomic E-state index is 0.0875. The van der Waals surface area contributed by atoms with E-state index in [9.17, 15) is 9.59 Å². The Hall–Kier alpha value is -3.55. The lowest BCUT2D eigenvalue weighted by Gasteiger charge is -2.13. The highest BCUT2D eigenvalue weighted by atomic mass is 16.5. The second-order valence-corrected chi connectivity index (χ2v) is 6.31. The molecule has 152 valence electrons. The minimum atomic E-state index is -0.537. The Morgan fingerprint density at radius 2 is 1.90 bits per heavy atom. The zero-order valence-electron chi connectivity index (χ0n) is 16.4. The quantitative estimate of drug-likeness (QED) is 0.399. The van der Waals surface area contributed by atoms with Gasteiger partial charge in [-0.05, 0) is 55.3 Å². The third-order valence-electron chi connectivity index (χ3n) is 3.99. The molecule has 3 amide bonds. The van der Waals surface area contributed by atoms with Crippen molar-refractivity contribution >= 4 is 18.2 Å². The standard InChI is InChI=1S/C21H23N3O5/c1-3-27-19-12-16(13-22-24-14-20(25)23-21(24)26)7-8-18(19)29-10-9-28-17-6-4-5-15(2)11-17/h4-8,11-13H,3,9-10,14H2,1-2H3,(H,23,25,26)/b22-13-. The van der Waals surface area contributed by atoms with Gasteiger partial charge in [-0.1, -0.05) is 12.1 Å². The summed E-state index contributed by atoms with van der Waals surface area (Å²) in [6.07, 6.45) is 1.49. The summed E-state index contributed by atoms with van der Waals surface area (Å²) >= 11 is 0. The summed E-state index contributed by atoms with van der Waals surface area (Å²) in [4.78, 5) is 22.7. The lowest BCUT2D eigenvalue weighted by Crippen LogP contribution is -2.24. The number of hydrogen-bond acceptors (Lipinski definition) is 6. The van der Waals surface area contributed by atoms with Gasteiger partial charge in [-0.3, -0.25) is 10.1 Å².